The van der Waals surface area contributed by atoms with E-state index < -0.39 is 9.84 Å². The Morgan fingerprint density at radius 2 is 2.12 bits per heavy atom. The Morgan fingerprint density at radius 3 is 2.62 bits per heavy atom. The Kier molecular flexibility index (Phi) is 3.67. The first-order chi connectivity index (χ1) is 7.47. The van der Waals surface area contributed by atoms with E-state index in [-0.39, 0.29) is 17.3 Å². The lowest BCUT2D eigenvalue weighted by Crippen LogP contribution is -2.36. The molecular formula is C11H19BrO3S. The molecule has 2 fully saturated rings. The minimum atomic E-state index is -2.86. The van der Waals surface area contributed by atoms with Gasteiger partial charge in [0.15, 0.2) is 0 Å². The second-order valence-corrected chi connectivity index (χ2v) is 8.08. The lowest BCUT2D eigenvalue weighted by atomic mass is 9.78. The molecule has 0 radical (unpaired) electrons. The second-order valence-electron chi connectivity index (χ2n) is 5.25. The smallest absolute Gasteiger partial charge is 0.147 e. The molecule has 2 unspecified atom stereocenters. The molecule has 0 aromatic rings. The van der Waals surface area contributed by atoms with Crippen molar-refractivity contribution in [2.24, 2.45) is 11.3 Å². The number of halogens is 1. The van der Waals surface area contributed by atoms with Gasteiger partial charge in [-0.1, -0.05) is 15.9 Å². The van der Waals surface area contributed by atoms with E-state index in [1.807, 2.05) is 0 Å². The van der Waals surface area contributed by atoms with E-state index in [4.69, 9.17) is 4.74 Å². The predicted molar refractivity (Wildman–Crippen MR) is 67.6 cm³/mol. The monoisotopic (exact) mass is 310 g/mol. The maximum absolute atomic E-state index is 11.3. The van der Waals surface area contributed by atoms with E-state index in [0.717, 1.165) is 24.8 Å². The highest BCUT2D eigenvalue weighted by Gasteiger charge is 2.50. The topological polar surface area (TPSA) is 43.4 Å². The Hall–Kier alpha value is 0.390. The standard InChI is InChI=1S/C11H19BrO3S/c1-16(13,14)7-5-11(8-12)4-6-15-10(11)9-2-3-9/h9-10H,2-8H2,1H3. The first-order valence-electron chi connectivity index (χ1n) is 5.82. The molecule has 0 N–H and O–H groups in total. The Morgan fingerprint density at radius 1 is 1.44 bits per heavy atom. The molecule has 94 valence electrons. The third-order valence-electron chi connectivity index (χ3n) is 3.79. The Labute approximate surface area is 106 Å². The van der Waals surface area contributed by atoms with Gasteiger partial charge < -0.3 is 4.74 Å². The van der Waals surface area contributed by atoms with Gasteiger partial charge in [-0.2, -0.15) is 0 Å². The van der Waals surface area contributed by atoms with Crippen molar-refractivity contribution in [2.45, 2.75) is 31.8 Å². The van der Waals surface area contributed by atoms with Crippen molar-refractivity contribution in [3.8, 4) is 0 Å². The van der Waals surface area contributed by atoms with E-state index >= 15 is 0 Å². The van der Waals surface area contributed by atoms with Crippen LogP contribution in [0, 0.1) is 11.3 Å². The maximum atomic E-state index is 11.3. The summed E-state index contributed by atoms with van der Waals surface area (Å²) in [4.78, 5) is 0. The summed E-state index contributed by atoms with van der Waals surface area (Å²) in [5, 5.41) is 0.858. The first kappa shape index (κ1) is 12.8. The first-order valence-corrected chi connectivity index (χ1v) is 9.00. The molecule has 5 heteroatoms. The summed E-state index contributed by atoms with van der Waals surface area (Å²) in [5.74, 6) is 0.963. The zero-order valence-corrected chi connectivity index (χ0v) is 12.0. The van der Waals surface area contributed by atoms with Crippen molar-refractivity contribution >= 4 is 25.8 Å². The number of hydrogen-bond donors (Lipinski definition) is 0. The lowest BCUT2D eigenvalue weighted by molar-refractivity contribution is 0.0400. The summed E-state index contributed by atoms with van der Waals surface area (Å²) in [6.07, 6.45) is 5.83. The van der Waals surface area contributed by atoms with Crippen molar-refractivity contribution in [3.63, 3.8) is 0 Å². The molecule has 2 aliphatic rings. The lowest BCUT2D eigenvalue weighted by Gasteiger charge is -2.32. The van der Waals surface area contributed by atoms with E-state index in [9.17, 15) is 8.42 Å². The van der Waals surface area contributed by atoms with Crippen LogP contribution < -0.4 is 0 Å². The van der Waals surface area contributed by atoms with Gasteiger partial charge in [0.1, 0.15) is 9.84 Å². The molecule has 16 heavy (non-hydrogen) atoms. The summed E-state index contributed by atoms with van der Waals surface area (Å²) >= 11 is 3.56. The minimum Gasteiger partial charge on any atom is -0.377 e. The van der Waals surface area contributed by atoms with E-state index in [1.54, 1.807) is 0 Å². The highest BCUT2D eigenvalue weighted by Crippen LogP contribution is 2.50. The highest BCUT2D eigenvalue weighted by molar-refractivity contribution is 9.09. The summed E-state index contributed by atoms with van der Waals surface area (Å²) in [7, 11) is -2.86. The molecule has 0 amide bonds. The van der Waals surface area contributed by atoms with Gasteiger partial charge in [-0.05, 0) is 31.6 Å². The molecule has 1 heterocycles. The van der Waals surface area contributed by atoms with Crippen LogP contribution in [-0.2, 0) is 14.6 Å². The van der Waals surface area contributed by atoms with Gasteiger partial charge in [-0.3, -0.25) is 0 Å². The minimum absolute atomic E-state index is 0.0598. The quantitative estimate of drug-likeness (QED) is 0.730. The Bertz CT molecular complexity index is 350. The second kappa shape index (κ2) is 4.58. The number of hydrogen-bond acceptors (Lipinski definition) is 3. The predicted octanol–water partition coefficient (Wildman–Crippen LogP) is 2.00. The van der Waals surface area contributed by atoms with Gasteiger partial charge in [-0.25, -0.2) is 8.42 Å². The van der Waals surface area contributed by atoms with E-state index in [0.29, 0.717) is 5.92 Å². The molecule has 2 atom stereocenters. The molecule has 1 saturated heterocycles. The van der Waals surface area contributed by atoms with Gasteiger partial charge in [0.05, 0.1) is 11.9 Å². The van der Waals surface area contributed by atoms with Gasteiger partial charge >= 0.3 is 0 Å². The molecule has 1 aliphatic carbocycles. The number of alkyl halides is 1. The number of rotatable bonds is 5. The van der Waals surface area contributed by atoms with Crippen LogP contribution in [-0.4, -0.2) is 38.5 Å². The molecule has 0 bridgehead atoms. The molecule has 0 aromatic carbocycles. The van der Waals surface area contributed by atoms with Crippen molar-refractivity contribution in [1.82, 2.24) is 0 Å². The van der Waals surface area contributed by atoms with Crippen LogP contribution in [0.25, 0.3) is 0 Å². The third kappa shape index (κ3) is 2.79. The normalized spacial score (nSPS) is 35.5. The van der Waals surface area contributed by atoms with Gasteiger partial charge in [-0.15, -0.1) is 0 Å². The van der Waals surface area contributed by atoms with Crippen LogP contribution in [0.15, 0.2) is 0 Å². The molecule has 1 aliphatic heterocycles. The van der Waals surface area contributed by atoms with Gasteiger partial charge in [0, 0.05) is 23.6 Å². The van der Waals surface area contributed by atoms with Crippen molar-refractivity contribution in [1.29, 1.82) is 0 Å². The number of sulfone groups is 1. The average Bonchev–Trinajstić information content (AvgIpc) is 2.95. The van der Waals surface area contributed by atoms with Crippen LogP contribution in [0.4, 0.5) is 0 Å². The fourth-order valence-corrected chi connectivity index (χ4v) is 4.27. The zero-order chi connectivity index (χ0) is 11.8. The average molecular weight is 311 g/mol. The van der Waals surface area contributed by atoms with Crippen molar-refractivity contribution < 1.29 is 13.2 Å². The number of ether oxygens (including phenoxy) is 1. The van der Waals surface area contributed by atoms with Crippen molar-refractivity contribution in [3.05, 3.63) is 0 Å². The fourth-order valence-electron chi connectivity index (χ4n) is 2.61. The maximum Gasteiger partial charge on any atom is 0.147 e. The van der Waals surface area contributed by atoms with Crippen LogP contribution in [0.5, 0.6) is 0 Å². The zero-order valence-electron chi connectivity index (χ0n) is 9.62. The summed E-state index contributed by atoms with van der Waals surface area (Å²) in [6.45, 7) is 0.788. The van der Waals surface area contributed by atoms with Crippen molar-refractivity contribution in [2.75, 3.05) is 23.9 Å². The summed E-state index contributed by atoms with van der Waals surface area (Å²) in [6, 6.07) is 0. The third-order valence-corrected chi connectivity index (χ3v) is 5.85. The SMILES string of the molecule is CS(=O)(=O)CCC1(CBr)CCOC1C1CC1. The molecule has 2 rings (SSSR count). The van der Waals surface area contributed by atoms with Crippen LogP contribution in [0.1, 0.15) is 25.7 Å². The van der Waals surface area contributed by atoms with Gasteiger partial charge in [0.25, 0.3) is 0 Å². The summed E-state index contributed by atoms with van der Waals surface area (Å²) in [5.41, 5.74) is 0.0598. The fraction of sp³-hybridized carbons (Fsp3) is 1.00. The molecular weight excluding hydrogens is 292 g/mol. The molecule has 0 spiro atoms. The van der Waals surface area contributed by atoms with E-state index in [1.165, 1.54) is 19.1 Å². The van der Waals surface area contributed by atoms with Crippen LogP contribution >= 0.6 is 15.9 Å². The molecule has 1 saturated carbocycles. The molecule has 0 aromatic heterocycles. The van der Waals surface area contributed by atoms with E-state index in [2.05, 4.69) is 15.9 Å². The van der Waals surface area contributed by atoms with Gasteiger partial charge in [0.2, 0.25) is 0 Å². The molecule has 3 nitrogen and oxygen atoms in total. The highest BCUT2D eigenvalue weighted by atomic mass is 79.9. The summed E-state index contributed by atoms with van der Waals surface area (Å²) < 4.78 is 28.4. The Balaban J connectivity index is 2.05. The largest absolute Gasteiger partial charge is 0.377 e. The van der Waals surface area contributed by atoms with Crippen LogP contribution in [0.2, 0.25) is 0 Å². The van der Waals surface area contributed by atoms with Crippen LogP contribution in [0.3, 0.4) is 0 Å².